The van der Waals surface area contributed by atoms with Crippen LogP contribution in [0.3, 0.4) is 0 Å². The maximum Gasteiger partial charge on any atom is 0.328 e. The molecule has 0 aliphatic carbocycles. The minimum Gasteiger partial charge on any atom is -0.508 e. The van der Waals surface area contributed by atoms with Gasteiger partial charge in [-0.3, -0.25) is 0 Å². The van der Waals surface area contributed by atoms with Crippen molar-refractivity contribution in [3.05, 3.63) is 106 Å². The number of phenols is 1. The van der Waals surface area contributed by atoms with Crippen LogP contribution in [-0.4, -0.2) is 52.7 Å². The van der Waals surface area contributed by atoms with Gasteiger partial charge in [-0.25, -0.2) is 4.79 Å². The van der Waals surface area contributed by atoms with Gasteiger partial charge in [-0.1, -0.05) is 73.0 Å². The van der Waals surface area contributed by atoms with E-state index in [1.807, 2.05) is 0 Å². The molecule has 0 amide bonds. The van der Waals surface area contributed by atoms with Crippen LogP contribution in [0.4, 0.5) is 0 Å². The van der Waals surface area contributed by atoms with Gasteiger partial charge in [0.1, 0.15) is 5.75 Å². The summed E-state index contributed by atoms with van der Waals surface area (Å²) in [5, 5.41) is 41.2. The summed E-state index contributed by atoms with van der Waals surface area (Å²) < 4.78 is 5.72. The topological polar surface area (TPSA) is 119 Å². The lowest BCUT2D eigenvalue weighted by atomic mass is 10.1. The van der Waals surface area contributed by atoms with Crippen LogP contribution >= 0.6 is 11.6 Å². The number of carbonyl (C=O) groups is 1. The Morgan fingerprint density at radius 1 is 0.905 bits per heavy atom. The average Bonchev–Trinajstić information content (AvgIpc) is 3.00. The summed E-state index contributed by atoms with van der Waals surface area (Å²) in [5.41, 5.74) is 3.36. The van der Waals surface area contributed by atoms with Gasteiger partial charge >= 0.3 is 5.97 Å². The smallest absolute Gasteiger partial charge is 0.328 e. The lowest BCUT2D eigenvalue weighted by Gasteiger charge is -2.14. The zero-order valence-electron chi connectivity index (χ0n) is 24.1. The normalized spacial score (nSPS) is 11.7. The van der Waals surface area contributed by atoms with Gasteiger partial charge in [0.2, 0.25) is 0 Å². The molecule has 1 atom stereocenters. The van der Waals surface area contributed by atoms with Crippen molar-refractivity contribution in [2.45, 2.75) is 57.7 Å². The molecule has 0 radical (unpaired) electrons. The van der Waals surface area contributed by atoms with Crippen molar-refractivity contribution < 1.29 is 30.0 Å². The Morgan fingerprint density at radius 2 is 1.60 bits per heavy atom. The largest absolute Gasteiger partial charge is 0.508 e. The van der Waals surface area contributed by atoms with Crippen LogP contribution in [0.2, 0.25) is 5.02 Å². The fourth-order valence-electron chi connectivity index (χ4n) is 4.13. The molecule has 7 nitrogen and oxygen atoms in total. The molecule has 0 bridgehead atoms. The molecule has 0 aliphatic rings. The summed E-state index contributed by atoms with van der Waals surface area (Å²) in [6.45, 7) is 2.77. The maximum atomic E-state index is 10.2. The van der Waals surface area contributed by atoms with Crippen LogP contribution in [0.15, 0.2) is 78.9 Å². The molecule has 3 aromatic rings. The van der Waals surface area contributed by atoms with E-state index in [0.717, 1.165) is 69.9 Å². The van der Waals surface area contributed by atoms with E-state index in [4.69, 9.17) is 21.4 Å². The van der Waals surface area contributed by atoms with Crippen LogP contribution in [0.25, 0.3) is 6.08 Å². The number of hydrogen-bond acceptors (Lipinski definition) is 6. The Balaban J connectivity index is 0.000000428. The highest BCUT2D eigenvalue weighted by atomic mass is 35.5. The number of benzene rings is 3. The molecule has 42 heavy (non-hydrogen) atoms. The van der Waals surface area contributed by atoms with Crippen molar-refractivity contribution in [2.24, 2.45) is 0 Å². The third-order valence-electron chi connectivity index (χ3n) is 6.52. The third kappa shape index (κ3) is 15.7. The minimum atomic E-state index is -0.954. The summed E-state index contributed by atoms with van der Waals surface area (Å²) in [6.07, 6.45) is 9.84. The number of aryl methyl sites for hydroxylation is 1. The Bertz CT molecular complexity index is 1170. The van der Waals surface area contributed by atoms with Crippen molar-refractivity contribution in [3.8, 4) is 5.75 Å². The Kier molecular flexibility index (Phi) is 17.9. The summed E-state index contributed by atoms with van der Waals surface area (Å²) in [7, 11) is 0. The number of aromatic hydroxyl groups is 1. The van der Waals surface area contributed by atoms with Crippen LogP contribution < -0.4 is 5.32 Å². The van der Waals surface area contributed by atoms with Gasteiger partial charge in [-0.05, 0) is 85.7 Å². The van der Waals surface area contributed by atoms with Gasteiger partial charge in [-0.15, -0.1) is 0 Å². The number of carboxylic acid groups (broad SMARTS) is 1. The predicted octanol–water partition coefficient (Wildman–Crippen LogP) is 6.55. The van der Waals surface area contributed by atoms with Crippen LogP contribution in [0, 0.1) is 0 Å². The predicted molar refractivity (Wildman–Crippen MR) is 169 cm³/mol. The minimum absolute atomic E-state index is 0.0533. The van der Waals surface area contributed by atoms with E-state index in [1.165, 1.54) is 24.1 Å². The number of carboxylic acids is 1. The summed E-state index contributed by atoms with van der Waals surface area (Å²) in [4.78, 5) is 10.1. The summed E-state index contributed by atoms with van der Waals surface area (Å²) in [6, 6.07) is 22.3. The molecule has 0 heterocycles. The molecule has 8 heteroatoms. The number of nitrogens with one attached hydrogen (secondary N) is 1. The Morgan fingerprint density at radius 3 is 2.29 bits per heavy atom. The third-order valence-corrected chi connectivity index (χ3v) is 6.78. The van der Waals surface area contributed by atoms with E-state index in [9.17, 15) is 20.1 Å². The Hall–Kier alpha value is -3.20. The van der Waals surface area contributed by atoms with Gasteiger partial charge < -0.3 is 30.5 Å². The number of aliphatic carboxylic acids is 1. The average molecular weight is 598 g/mol. The number of aliphatic hydroxyl groups is 2. The molecule has 0 spiro atoms. The van der Waals surface area contributed by atoms with E-state index < -0.39 is 12.1 Å². The summed E-state index contributed by atoms with van der Waals surface area (Å²) >= 11 is 5.63. The number of hydrogen-bond donors (Lipinski definition) is 5. The standard InChI is InChI=1S/C25H37NO4.C9H7ClO2/c27-20-23-18-22(13-14-24(23)28)25(29)19-26-15-7-1-2-8-16-30-17-9-6-12-21-10-4-3-5-11-21;10-8-4-1-7(2-5-8)3-6-9(11)12/h3-5,10-11,13-14,18,25-29H,1-2,6-9,12,15-17,19-20H2;1-6H,(H,11,12)/b;6-3+. The second-order valence-electron chi connectivity index (χ2n) is 9.96. The highest BCUT2D eigenvalue weighted by molar-refractivity contribution is 6.30. The van der Waals surface area contributed by atoms with Gasteiger partial charge in [0.25, 0.3) is 0 Å². The van der Waals surface area contributed by atoms with E-state index in [-0.39, 0.29) is 12.4 Å². The second kappa shape index (κ2) is 21.5. The van der Waals surface area contributed by atoms with Crippen LogP contribution in [0.5, 0.6) is 5.75 Å². The molecule has 0 aliphatic heterocycles. The molecule has 0 aromatic heterocycles. The number of unbranched alkanes of at least 4 members (excludes halogenated alkanes) is 4. The zero-order valence-corrected chi connectivity index (χ0v) is 24.9. The van der Waals surface area contributed by atoms with Crippen LogP contribution in [0.1, 0.15) is 66.9 Å². The highest BCUT2D eigenvalue weighted by Crippen LogP contribution is 2.22. The maximum absolute atomic E-state index is 10.2. The molecule has 3 rings (SSSR count). The van der Waals surface area contributed by atoms with Crippen molar-refractivity contribution in [1.82, 2.24) is 5.32 Å². The first-order valence-electron chi connectivity index (χ1n) is 14.5. The Labute approximate surface area is 254 Å². The number of halogens is 1. The molecular formula is C34H44ClNO6. The zero-order chi connectivity index (χ0) is 30.4. The first-order chi connectivity index (χ1) is 20.4. The fourth-order valence-corrected chi connectivity index (χ4v) is 4.25. The molecule has 3 aromatic carbocycles. The molecule has 5 N–H and O–H groups in total. The molecule has 0 saturated heterocycles. The monoisotopic (exact) mass is 597 g/mol. The molecule has 228 valence electrons. The molecular weight excluding hydrogens is 554 g/mol. The number of aliphatic hydroxyl groups excluding tert-OH is 2. The van der Waals surface area contributed by atoms with Gasteiger partial charge in [-0.2, -0.15) is 0 Å². The molecule has 0 fully saturated rings. The van der Waals surface area contributed by atoms with Gasteiger partial charge in [0, 0.05) is 36.4 Å². The van der Waals surface area contributed by atoms with Crippen molar-refractivity contribution in [1.29, 1.82) is 0 Å². The van der Waals surface area contributed by atoms with E-state index in [1.54, 1.807) is 36.4 Å². The van der Waals surface area contributed by atoms with E-state index in [2.05, 4.69) is 35.6 Å². The van der Waals surface area contributed by atoms with Crippen LogP contribution in [-0.2, 0) is 22.6 Å². The number of rotatable bonds is 18. The first-order valence-corrected chi connectivity index (χ1v) is 14.9. The lowest BCUT2D eigenvalue weighted by molar-refractivity contribution is -0.131. The molecule has 1 unspecified atom stereocenters. The first kappa shape index (κ1) is 35.0. The van der Waals surface area contributed by atoms with Gasteiger partial charge in [0.05, 0.1) is 12.7 Å². The second-order valence-corrected chi connectivity index (χ2v) is 10.4. The van der Waals surface area contributed by atoms with Crippen molar-refractivity contribution >= 4 is 23.6 Å². The summed E-state index contributed by atoms with van der Waals surface area (Å²) in [5.74, 6) is -0.900. The van der Waals surface area contributed by atoms with E-state index >= 15 is 0 Å². The lowest BCUT2D eigenvalue weighted by Crippen LogP contribution is -2.22. The quantitative estimate of drug-likeness (QED) is 0.0833. The van der Waals surface area contributed by atoms with Gasteiger partial charge in [0.15, 0.2) is 0 Å². The van der Waals surface area contributed by atoms with Crippen molar-refractivity contribution in [2.75, 3.05) is 26.3 Å². The van der Waals surface area contributed by atoms with Crippen molar-refractivity contribution in [3.63, 3.8) is 0 Å². The van der Waals surface area contributed by atoms with E-state index in [0.29, 0.717) is 22.7 Å². The number of ether oxygens (including phenoxy) is 1. The molecule has 0 saturated carbocycles. The SMILES string of the molecule is O=C(O)/C=C/c1ccc(Cl)cc1.OCc1cc(C(O)CNCCCCCCOCCCCc2ccccc2)ccc1O. The highest BCUT2D eigenvalue weighted by Gasteiger charge is 2.09. The fraction of sp³-hybridized carbons (Fsp3) is 0.382.